The van der Waals surface area contributed by atoms with Crippen LogP contribution in [-0.2, 0) is 6.54 Å². The van der Waals surface area contributed by atoms with E-state index in [9.17, 15) is 9.59 Å². The second-order valence-electron chi connectivity index (χ2n) is 4.92. The van der Waals surface area contributed by atoms with E-state index in [2.05, 4.69) is 5.32 Å². The summed E-state index contributed by atoms with van der Waals surface area (Å²) in [5, 5.41) is 3.01. The van der Waals surface area contributed by atoms with Crippen LogP contribution in [0.3, 0.4) is 0 Å². The lowest BCUT2D eigenvalue weighted by atomic mass is 10.1. The third-order valence-corrected chi connectivity index (χ3v) is 3.64. The zero-order valence-corrected chi connectivity index (χ0v) is 13.2. The van der Waals surface area contributed by atoms with Gasteiger partial charge in [-0.15, -0.1) is 0 Å². The number of hydrogen-bond acceptors (Lipinski definition) is 2. The van der Waals surface area contributed by atoms with Crippen molar-refractivity contribution in [3.63, 3.8) is 0 Å². The van der Waals surface area contributed by atoms with Gasteiger partial charge in [0.2, 0.25) is 0 Å². The molecule has 0 radical (unpaired) electrons. The maximum Gasteiger partial charge on any atom is 0.255 e. The van der Waals surface area contributed by atoms with Gasteiger partial charge in [0.05, 0.1) is 10.6 Å². The highest BCUT2D eigenvalue weighted by Gasteiger charge is 2.15. The molecule has 0 saturated carbocycles. The molecule has 114 valence electrons. The molecule has 22 heavy (non-hydrogen) atoms. The number of nitrogens with zero attached hydrogens (tertiary/aromatic N) is 1. The molecule has 0 saturated heterocycles. The molecule has 2 rings (SSSR count). The third kappa shape index (κ3) is 3.65. The molecule has 4 nitrogen and oxygen atoms in total. The molecule has 0 aliphatic carbocycles. The number of carbonyl (C=O) groups is 2. The van der Waals surface area contributed by atoms with Crippen LogP contribution in [-0.4, -0.2) is 30.8 Å². The lowest BCUT2D eigenvalue weighted by molar-refractivity contribution is 0.0785. The highest BCUT2D eigenvalue weighted by atomic mass is 35.5. The predicted molar refractivity (Wildman–Crippen MR) is 87.1 cm³/mol. The molecule has 2 aromatic carbocycles. The Morgan fingerprint density at radius 1 is 1.09 bits per heavy atom. The largest absolute Gasteiger partial charge is 0.355 e. The van der Waals surface area contributed by atoms with Gasteiger partial charge in [0.15, 0.2) is 0 Å². The fourth-order valence-corrected chi connectivity index (χ4v) is 2.31. The maximum atomic E-state index is 12.4. The van der Waals surface area contributed by atoms with Crippen molar-refractivity contribution < 1.29 is 9.59 Å². The van der Waals surface area contributed by atoms with Gasteiger partial charge in [-0.2, -0.15) is 0 Å². The first-order valence-electron chi connectivity index (χ1n) is 6.84. The quantitative estimate of drug-likeness (QED) is 0.942. The fraction of sp³-hybridized carbons (Fsp3) is 0.176. The summed E-state index contributed by atoms with van der Waals surface area (Å²) in [5.41, 5.74) is 2.01. The second-order valence-corrected chi connectivity index (χ2v) is 5.32. The van der Waals surface area contributed by atoms with Crippen LogP contribution >= 0.6 is 11.6 Å². The van der Waals surface area contributed by atoms with E-state index >= 15 is 0 Å². The number of amides is 2. The molecule has 0 aliphatic rings. The SMILES string of the molecule is CNC(=O)c1ccc(CN(C)C(=O)c2ccccc2Cl)cc1. The highest BCUT2D eigenvalue weighted by Crippen LogP contribution is 2.17. The van der Waals surface area contributed by atoms with Gasteiger partial charge in [-0.25, -0.2) is 0 Å². The van der Waals surface area contributed by atoms with E-state index < -0.39 is 0 Å². The van der Waals surface area contributed by atoms with E-state index in [1.165, 1.54) is 0 Å². The summed E-state index contributed by atoms with van der Waals surface area (Å²) in [4.78, 5) is 25.4. The van der Waals surface area contributed by atoms with Crippen molar-refractivity contribution in [2.75, 3.05) is 14.1 Å². The second kappa shape index (κ2) is 7.09. The minimum Gasteiger partial charge on any atom is -0.355 e. The van der Waals surface area contributed by atoms with E-state index in [0.717, 1.165) is 5.56 Å². The van der Waals surface area contributed by atoms with Crippen molar-refractivity contribution in [2.24, 2.45) is 0 Å². The summed E-state index contributed by atoms with van der Waals surface area (Å²) in [6.45, 7) is 0.443. The van der Waals surface area contributed by atoms with Crippen molar-refractivity contribution >= 4 is 23.4 Å². The molecular formula is C17H17ClN2O2. The standard InChI is InChI=1S/C17H17ClN2O2/c1-19-16(21)13-9-7-12(8-10-13)11-20(2)17(22)14-5-3-4-6-15(14)18/h3-10H,11H2,1-2H3,(H,19,21). The summed E-state index contributed by atoms with van der Waals surface area (Å²) in [6.07, 6.45) is 0. The molecule has 0 heterocycles. The Morgan fingerprint density at radius 3 is 2.32 bits per heavy atom. The van der Waals surface area contributed by atoms with E-state index in [0.29, 0.717) is 22.7 Å². The lowest BCUT2D eigenvalue weighted by Gasteiger charge is -2.18. The normalized spacial score (nSPS) is 10.1. The average molecular weight is 317 g/mol. The molecule has 0 spiro atoms. The van der Waals surface area contributed by atoms with E-state index in [1.54, 1.807) is 55.4 Å². The van der Waals surface area contributed by atoms with Gasteiger partial charge < -0.3 is 10.2 Å². The van der Waals surface area contributed by atoms with E-state index in [4.69, 9.17) is 11.6 Å². The molecule has 0 fully saturated rings. The summed E-state index contributed by atoms with van der Waals surface area (Å²) < 4.78 is 0. The molecule has 2 amide bonds. The third-order valence-electron chi connectivity index (χ3n) is 3.31. The molecule has 0 bridgehead atoms. The van der Waals surface area contributed by atoms with Gasteiger partial charge >= 0.3 is 0 Å². The molecule has 0 aromatic heterocycles. The van der Waals surface area contributed by atoms with Crippen LogP contribution < -0.4 is 5.32 Å². The Labute approximate surface area is 134 Å². The van der Waals surface area contributed by atoms with Crippen LogP contribution in [0.1, 0.15) is 26.3 Å². The first-order valence-corrected chi connectivity index (χ1v) is 7.21. The monoisotopic (exact) mass is 316 g/mol. The Kier molecular flexibility index (Phi) is 5.17. The molecule has 0 unspecified atom stereocenters. The van der Waals surface area contributed by atoms with Gasteiger partial charge in [0.1, 0.15) is 0 Å². The van der Waals surface area contributed by atoms with E-state index in [1.807, 2.05) is 12.1 Å². The fourth-order valence-electron chi connectivity index (χ4n) is 2.09. The van der Waals surface area contributed by atoms with Crippen LogP contribution in [0, 0.1) is 0 Å². The Bertz CT molecular complexity index is 683. The summed E-state index contributed by atoms with van der Waals surface area (Å²) >= 11 is 6.05. The topological polar surface area (TPSA) is 49.4 Å². The Balaban J connectivity index is 2.08. The highest BCUT2D eigenvalue weighted by molar-refractivity contribution is 6.33. The summed E-state index contributed by atoms with van der Waals surface area (Å²) in [5.74, 6) is -0.270. The molecule has 2 aromatic rings. The van der Waals surface area contributed by atoms with Gasteiger partial charge in [-0.1, -0.05) is 35.9 Å². The number of benzene rings is 2. The van der Waals surface area contributed by atoms with Gasteiger partial charge in [-0.3, -0.25) is 9.59 Å². The van der Waals surface area contributed by atoms with Crippen LogP contribution in [0.4, 0.5) is 0 Å². The predicted octanol–water partition coefficient (Wildman–Crippen LogP) is 2.97. The van der Waals surface area contributed by atoms with Crippen LogP contribution in [0.15, 0.2) is 48.5 Å². The van der Waals surface area contributed by atoms with Gasteiger partial charge in [0, 0.05) is 26.2 Å². The lowest BCUT2D eigenvalue weighted by Crippen LogP contribution is -2.26. The number of carbonyl (C=O) groups excluding carboxylic acids is 2. The molecule has 0 atom stereocenters. The smallest absolute Gasteiger partial charge is 0.255 e. The molecule has 1 N–H and O–H groups in total. The van der Waals surface area contributed by atoms with Crippen molar-refractivity contribution in [3.8, 4) is 0 Å². The van der Waals surface area contributed by atoms with Crippen molar-refractivity contribution in [3.05, 3.63) is 70.2 Å². The van der Waals surface area contributed by atoms with Crippen molar-refractivity contribution in [2.45, 2.75) is 6.54 Å². The molecule has 5 heteroatoms. The average Bonchev–Trinajstić information content (AvgIpc) is 2.54. The van der Waals surface area contributed by atoms with Gasteiger partial charge in [0.25, 0.3) is 11.8 Å². The minimum absolute atomic E-state index is 0.132. The van der Waals surface area contributed by atoms with Crippen molar-refractivity contribution in [1.82, 2.24) is 10.2 Å². The van der Waals surface area contributed by atoms with Crippen LogP contribution in [0.5, 0.6) is 0 Å². The first-order chi connectivity index (χ1) is 10.5. The van der Waals surface area contributed by atoms with Crippen LogP contribution in [0.25, 0.3) is 0 Å². The Hall–Kier alpha value is -2.33. The Morgan fingerprint density at radius 2 is 1.73 bits per heavy atom. The number of nitrogens with one attached hydrogen (secondary N) is 1. The maximum absolute atomic E-state index is 12.4. The van der Waals surface area contributed by atoms with E-state index in [-0.39, 0.29) is 11.8 Å². The first kappa shape index (κ1) is 16.0. The zero-order valence-electron chi connectivity index (χ0n) is 12.5. The molecule has 0 aliphatic heterocycles. The van der Waals surface area contributed by atoms with Gasteiger partial charge in [-0.05, 0) is 29.8 Å². The molecular weight excluding hydrogens is 300 g/mol. The number of hydrogen-bond donors (Lipinski definition) is 1. The summed E-state index contributed by atoms with van der Waals surface area (Å²) in [7, 11) is 3.31. The number of halogens is 1. The zero-order chi connectivity index (χ0) is 16.1. The van der Waals surface area contributed by atoms with Crippen LogP contribution in [0.2, 0.25) is 5.02 Å². The van der Waals surface area contributed by atoms with Crippen molar-refractivity contribution in [1.29, 1.82) is 0 Å². The minimum atomic E-state index is -0.138. The number of rotatable bonds is 4. The summed E-state index contributed by atoms with van der Waals surface area (Å²) in [6, 6.07) is 14.1.